The van der Waals surface area contributed by atoms with Crippen molar-refractivity contribution in [3.05, 3.63) is 29.8 Å². The lowest BCUT2D eigenvalue weighted by molar-refractivity contribution is -0.136. The summed E-state index contributed by atoms with van der Waals surface area (Å²) in [7, 11) is 1.70. The summed E-state index contributed by atoms with van der Waals surface area (Å²) in [6.45, 7) is 5.10. The minimum atomic E-state index is -0.141. The van der Waals surface area contributed by atoms with Crippen molar-refractivity contribution in [2.24, 2.45) is 0 Å². The highest BCUT2D eigenvalue weighted by Crippen LogP contribution is 2.33. The van der Waals surface area contributed by atoms with E-state index in [1.165, 1.54) is 5.56 Å². The molecule has 2 heterocycles. The maximum Gasteiger partial charge on any atom is 0.317 e. The molecule has 148 valence electrons. The first kappa shape index (κ1) is 19.5. The van der Waals surface area contributed by atoms with E-state index in [0.717, 1.165) is 31.7 Å². The molecule has 0 saturated carbocycles. The van der Waals surface area contributed by atoms with E-state index in [1.54, 1.807) is 18.9 Å². The summed E-state index contributed by atoms with van der Waals surface area (Å²) in [4.78, 5) is 27.6. The van der Waals surface area contributed by atoms with Crippen molar-refractivity contribution in [2.45, 2.75) is 31.8 Å². The lowest BCUT2D eigenvalue weighted by atomic mass is 9.89. The van der Waals surface area contributed by atoms with E-state index in [1.807, 2.05) is 23.1 Å². The van der Waals surface area contributed by atoms with Crippen LogP contribution in [0.1, 0.15) is 31.2 Å². The summed E-state index contributed by atoms with van der Waals surface area (Å²) in [5.41, 5.74) is 1.22. The zero-order valence-electron chi connectivity index (χ0n) is 16.1. The van der Waals surface area contributed by atoms with Crippen LogP contribution in [-0.2, 0) is 9.53 Å². The Balaban J connectivity index is 1.45. The second kappa shape index (κ2) is 9.08. The largest absolute Gasteiger partial charge is 0.496 e. The first-order chi connectivity index (χ1) is 13.1. The van der Waals surface area contributed by atoms with Crippen LogP contribution < -0.4 is 10.1 Å². The quantitative estimate of drug-likeness (QED) is 0.872. The molecule has 1 aromatic carbocycles. The number of ether oxygens (including phenoxy) is 2. The summed E-state index contributed by atoms with van der Waals surface area (Å²) in [6.07, 6.45) is 1.70. The molecule has 0 spiro atoms. The van der Waals surface area contributed by atoms with Gasteiger partial charge in [-0.25, -0.2) is 4.79 Å². The van der Waals surface area contributed by atoms with E-state index in [2.05, 4.69) is 11.4 Å². The van der Waals surface area contributed by atoms with Crippen molar-refractivity contribution in [3.63, 3.8) is 0 Å². The highest BCUT2D eigenvalue weighted by molar-refractivity contribution is 5.74. The minimum absolute atomic E-state index is 0.0491. The van der Waals surface area contributed by atoms with Crippen molar-refractivity contribution < 1.29 is 19.1 Å². The number of nitrogens with one attached hydrogen (secondary N) is 1. The number of hydrogen-bond donors (Lipinski definition) is 1. The van der Waals surface area contributed by atoms with Gasteiger partial charge in [-0.3, -0.25) is 4.79 Å². The van der Waals surface area contributed by atoms with Gasteiger partial charge >= 0.3 is 6.03 Å². The molecular formula is C20H29N3O4. The van der Waals surface area contributed by atoms with Crippen LogP contribution in [0.3, 0.4) is 0 Å². The Labute approximate surface area is 160 Å². The molecule has 3 rings (SSSR count). The van der Waals surface area contributed by atoms with Gasteiger partial charge in [-0.2, -0.15) is 0 Å². The fourth-order valence-electron chi connectivity index (χ4n) is 3.84. The predicted octanol–water partition coefficient (Wildman–Crippen LogP) is 1.83. The lowest BCUT2D eigenvalue weighted by Crippen LogP contribution is -2.51. The Morgan fingerprint density at radius 1 is 1.19 bits per heavy atom. The minimum Gasteiger partial charge on any atom is -0.496 e. The maximum absolute atomic E-state index is 12.5. The molecule has 27 heavy (non-hydrogen) atoms. The molecule has 2 aliphatic heterocycles. The summed E-state index contributed by atoms with van der Waals surface area (Å²) in [6, 6.07) is 8.05. The zero-order valence-corrected chi connectivity index (χ0v) is 16.1. The molecular weight excluding hydrogens is 346 g/mol. The van der Waals surface area contributed by atoms with Gasteiger partial charge in [0.25, 0.3) is 0 Å². The van der Waals surface area contributed by atoms with E-state index in [4.69, 9.17) is 9.47 Å². The molecule has 0 aliphatic carbocycles. The molecule has 0 aromatic heterocycles. The first-order valence-electron chi connectivity index (χ1n) is 9.61. The number of rotatable bonds is 4. The van der Waals surface area contributed by atoms with Crippen LogP contribution in [-0.4, -0.2) is 74.3 Å². The normalized spacial score (nSPS) is 21.0. The van der Waals surface area contributed by atoms with Crippen LogP contribution in [0, 0.1) is 0 Å². The number of nitrogens with zero attached hydrogens (tertiary/aromatic N) is 2. The van der Waals surface area contributed by atoms with Crippen molar-refractivity contribution in [1.82, 2.24) is 15.1 Å². The lowest BCUT2D eigenvalue weighted by Gasteiger charge is -2.35. The standard InChI is InChI=1S/C20H29N3O4/c1-15(24)23-11-12-27-17(14-23)13-21-20(25)22-9-7-16(8-10-22)18-5-3-4-6-19(18)26-2/h3-6,16-17H,7-14H2,1-2H3,(H,21,25). The topological polar surface area (TPSA) is 71.1 Å². The monoisotopic (exact) mass is 375 g/mol. The third-order valence-electron chi connectivity index (χ3n) is 5.43. The van der Waals surface area contributed by atoms with Gasteiger partial charge in [-0.05, 0) is 30.4 Å². The molecule has 1 aromatic rings. The van der Waals surface area contributed by atoms with E-state index in [9.17, 15) is 9.59 Å². The van der Waals surface area contributed by atoms with Crippen LogP contribution in [0.25, 0.3) is 0 Å². The SMILES string of the molecule is COc1ccccc1C1CCN(C(=O)NCC2CN(C(C)=O)CCO2)CC1. The van der Waals surface area contributed by atoms with Crippen molar-refractivity contribution in [2.75, 3.05) is 46.4 Å². The predicted molar refractivity (Wildman–Crippen MR) is 102 cm³/mol. The third-order valence-corrected chi connectivity index (χ3v) is 5.43. The van der Waals surface area contributed by atoms with Gasteiger partial charge < -0.3 is 24.6 Å². The van der Waals surface area contributed by atoms with E-state index < -0.39 is 0 Å². The van der Waals surface area contributed by atoms with Crippen molar-refractivity contribution in [1.29, 1.82) is 0 Å². The molecule has 3 amide bonds. The Hall–Kier alpha value is -2.28. The smallest absolute Gasteiger partial charge is 0.317 e. The molecule has 7 heteroatoms. The summed E-state index contributed by atoms with van der Waals surface area (Å²) in [5, 5.41) is 2.96. The number of methoxy groups -OCH3 is 1. The number of morpholine rings is 1. The number of para-hydroxylation sites is 1. The number of likely N-dealkylation sites (tertiary alicyclic amines) is 1. The second-order valence-electron chi connectivity index (χ2n) is 7.15. The molecule has 7 nitrogen and oxygen atoms in total. The number of carbonyl (C=O) groups is 2. The summed E-state index contributed by atoms with van der Waals surface area (Å²) >= 11 is 0. The van der Waals surface area contributed by atoms with Crippen LogP contribution in [0.4, 0.5) is 4.79 Å². The average molecular weight is 375 g/mol. The first-order valence-corrected chi connectivity index (χ1v) is 9.61. The molecule has 0 radical (unpaired) electrons. The molecule has 0 bridgehead atoms. The Kier molecular flexibility index (Phi) is 6.55. The molecule has 1 N–H and O–H groups in total. The molecule has 2 saturated heterocycles. The van der Waals surface area contributed by atoms with Crippen LogP contribution >= 0.6 is 0 Å². The van der Waals surface area contributed by atoms with Crippen LogP contribution in [0.15, 0.2) is 24.3 Å². The van der Waals surface area contributed by atoms with Crippen molar-refractivity contribution in [3.8, 4) is 5.75 Å². The van der Waals surface area contributed by atoms with Gasteiger partial charge in [0.2, 0.25) is 5.91 Å². The number of piperidine rings is 1. The van der Waals surface area contributed by atoms with E-state index in [0.29, 0.717) is 32.2 Å². The molecule has 2 aliphatic rings. The highest BCUT2D eigenvalue weighted by Gasteiger charge is 2.27. The van der Waals surface area contributed by atoms with Gasteiger partial charge in [0.05, 0.1) is 19.8 Å². The number of urea groups is 1. The van der Waals surface area contributed by atoms with Gasteiger partial charge in [0.1, 0.15) is 5.75 Å². The average Bonchev–Trinajstić information content (AvgIpc) is 2.72. The Morgan fingerprint density at radius 2 is 1.93 bits per heavy atom. The number of amides is 3. The van der Waals surface area contributed by atoms with Gasteiger partial charge in [-0.1, -0.05) is 18.2 Å². The highest BCUT2D eigenvalue weighted by atomic mass is 16.5. The van der Waals surface area contributed by atoms with Gasteiger partial charge in [0, 0.05) is 39.6 Å². The van der Waals surface area contributed by atoms with Crippen molar-refractivity contribution >= 4 is 11.9 Å². The summed E-state index contributed by atoms with van der Waals surface area (Å²) in [5.74, 6) is 1.38. The molecule has 1 unspecified atom stereocenters. The number of carbonyl (C=O) groups excluding carboxylic acids is 2. The Morgan fingerprint density at radius 3 is 2.63 bits per heavy atom. The Bertz CT molecular complexity index is 658. The second-order valence-corrected chi connectivity index (χ2v) is 7.15. The van der Waals surface area contributed by atoms with Crippen LogP contribution in [0.5, 0.6) is 5.75 Å². The molecule has 1 atom stereocenters. The van der Waals surface area contributed by atoms with Gasteiger partial charge in [-0.15, -0.1) is 0 Å². The molecule has 2 fully saturated rings. The fourth-order valence-corrected chi connectivity index (χ4v) is 3.84. The van der Waals surface area contributed by atoms with Gasteiger partial charge in [0.15, 0.2) is 0 Å². The van der Waals surface area contributed by atoms with E-state index in [-0.39, 0.29) is 18.0 Å². The maximum atomic E-state index is 12.5. The number of hydrogen-bond acceptors (Lipinski definition) is 4. The summed E-state index contributed by atoms with van der Waals surface area (Å²) < 4.78 is 11.1. The van der Waals surface area contributed by atoms with E-state index >= 15 is 0 Å². The van der Waals surface area contributed by atoms with Crippen LogP contribution in [0.2, 0.25) is 0 Å². The fraction of sp³-hybridized carbons (Fsp3) is 0.600. The number of benzene rings is 1. The third kappa shape index (κ3) is 4.91. The zero-order chi connectivity index (χ0) is 19.2.